The monoisotopic (exact) mass is 315 g/mol. The zero-order valence-electron chi connectivity index (χ0n) is 11.6. The maximum Gasteiger partial charge on any atom is 0.119 e. The molecule has 0 aromatic heterocycles. The number of aliphatic hydroxyl groups excluding tert-OH is 1. The van der Waals surface area contributed by atoms with E-state index < -0.39 is 6.10 Å². The first-order chi connectivity index (χ1) is 9.74. The van der Waals surface area contributed by atoms with Crippen LogP contribution in [0.1, 0.15) is 19.3 Å². The third kappa shape index (κ3) is 5.92. The molecule has 1 fully saturated rings. The Morgan fingerprint density at radius 3 is 2.85 bits per heavy atom. The quantitative estimate of drug-likeness (QED) is 0.812. The number of hydrogen-bond donors (Lipinski definition) is 2. The van der Waals surface area contributed by atoms with Crippen LogP contribution >= 0.6 is 23.4 Å². The van der Waals surface area contributed by atoms with Gasteiger partial charge >= 0.3 is 0 Å². The maximum absolute atomic E-state index is 9.87. The first-order valence-corrected chi connectivity index (χ1v) is 8.55. The van der Waals surface area contributed by atoms with Crippen molar-refractivity contribution in [3.05, 3.63) is 29.3 Å². The highest BCUT2D eigenvalue weighted by atomic mass is 35.5. The molecule has 1 aliphatic rings. The minimum absolute atomic E-state index is 0.298. The first-order valence-electron chi connectivity index (χ1n) is 7.13. The fourth-order valence-electron chi connectivity index (χ4n) is 2.16. The molecule has 3 nitrogen and oxygen atoms in total. The van der Waals surface area contributed by atoms with Crippen molar-refractivity contribution in [2.24, 2.45) is 0 Å². The molecule has 5 heteroatoms. The van der Waals surface area contributed by atoms with E-state index in [0.29, 0.717) is 23.4 Å². The molecule has 1 aliphatic heterocycles. The van der Waals surface area contributed by atoms with Crippen molar-refractivity contribution in [1.29, 1.82) is 0 Å². The highest BCUT2D eigenvalue weighted by Gasteiger charge is 2.14. The SMILES string of the molecule is OC(CNCC1CCCCS1)COc1ccc(Cl)cc1. The molecule has 1 heterocycles. The van der Waals surface area contributed by atoms with Crippen molar-refractivity contribution in [2.75, 3.05) is 25.4 Å². The molecular formula is C15H22ClNO2S. The number of nitrogens with one attached hydrogen (secondary N) is 1. The predicted octanol–water partition coefficient (Wildman–Crippen LogP) is 2.96. The topological polar surface area (TPSA) is 41.5 Å². The Morgan fingerprint density at radius 1 is 1.35 bits per heavy atom. The molecule has 2 atom stereocenters. The van der Waals surface area contributed by atoms with E-state index >= 15 is 0 Å². The molecule has 0 amide bonds. The Balaban J connectivity index is 1.57. The van der Waals surface area contributed by atoms with Crippen molar-refractivity contribution >= 4 is 23.4 Å². The summed E-state index contributed by atoms with van der Waals surface area (Å²) in [6.07, 6.45) is 3.48. The molecule has 20 heavy (non-hydrogen) atoms. The summed E-state index contributed by atoms with van der Waals surface area (Å²) in [7, 11) is 0. The zero-order valence-corrected chi connectivity index (χ0v) is 13.1. The predicted molar refractivity (Wildman–Crippen MR) is 85.9 cm³/mol. The number of rotatable bonds is 7. The van der Waals surface area contributed by atoms with E-state index in [2.05, 4.69) is 5.32 Å². The van der Waals surface area contributed by atoms with E-state index in [4.69, 9.17) is 16.3 Å². The third-order valence-corrected chi connectivity index (χ3v) is 4.93. The standard InChI is InChI=1S/C15H22ClNO2S/c16-12-4-6-14(7-5-12)19-11-13(18)9-17-10-15-3-1-2-8-20-15/h4-7,13,15,17-18H,1-3,8-11H2. The van der Waals surface area contributed by atoms with Gasteiger partial charge in [0.15, 0.2) is 0 Å². The maximum atomic E-state index is 9.87. The van der Waals surface area contributed by atoms with Gasteiger partial charge < -0.3 is 15.2 Å². The molecule has 1 aromatic rings. The van der Waals surface area contributed by atoms with Crippen LogP contribution < -0.4 is 10.1 Å². The van der Waals surface area contributed by atoms with E-state index in [1.165, 1.54) is 25.0 Å². The van der Waals surface area contributed by atoms with E-state index in [1.807, 2.05) is 11.8 Å². The van der Waals surface area contributed by atoms with Crippen LogP contribution in [0, 0.1) is 0 Å². The van der Waals surface area contributed by atoms with E-state index in [-0.39, 0.29) is 0 Å². The first kappa shape index (κ1) is 16.0. The Hall–Kier alpha value is -0.420. The normalized spacial score (nSPS) is 20.6. The van der Waals surface area contributed by atoms with E-state index in [0.717, 1.165) is 12.3 Å². The van der Waals surface area contributed by atoms with Crippen LogP contribution in [-0.2, 0) is 0 Å². The Morgan fingerprint density at radius 2 is 2.15 bits per heavy atom. The smallest absolute Gasteiger partial charge is 0.119 e. The molecule has 1 saturated heterocycles. The van der Waals surface area contributed by atoms with Crippen LogP contribution in [0.25, 0.3) is 0 Å². The lowest BCUT2D eigenvalue weighted by Gasteiger charge is -2.22. The molecule has 0 aliphatic carbocycles. The molecule has 0 saturated carbocycles. The number of aliphatic hydroxyl groups is 1. The molecule has 0 bridgehead atoms. The van der Waals surface area contributed by atoms with Crippen LogP contribution in [0.4, 0.5) is 0 Å². The van der Waals surface area contributed by atoms with Gasteiger partial charge in [-0.15, -0.1) is 0 Å². The largest absolute Gasteiger partial charge is 0.491 e. The fourth-order valence-corrected chi connectivity index (χ4v) is 3.56. The number of halogens is 1. The Bertz CT molecular complexity index is 382. The van der Waals surface area contributed by atoms with Gasteiger partial charge in [-0.1, -0.05) is 18.0 Å². The Kier molecular flexibility index (Phi) is 7.00. The lowest BCUT2D eigenvalue weighted by Crippen LogP contribution is -2.35. The molecule has 1 aromatic carbocycles. The minimum Gasteiger partial charge on any atom is -0.491 e. The fraction of sp³-hybridized carbons (Fsp3) is 0.600. The molecular weight excluding hydrogens is 294 g/mol. The summed E-state index contributed by atoms with van der Waals surface area (Å²) < 4.78 is 5.51. The summed E-state index contributed by atoms with van der Waals surface area (Å²) in [6, 6.07) is 7.17. The number of hydrogen-bond acceptors (Lipinski definition) is 4. The van der Waals surface area contributed by atoms with Crippen LogP contribution in [0.5, 0.6) is 5.75 Å². The molecule has 0 spiro atoms. The average molecular weight is 316 g/mol. The molecule has 2 rings (SSSR count). The lowest BCUT2D eigenvalue weighted by molar-refractivity contribution is 0.106. The van der Waals surface area contributed by atoms with Gasteiger partial charge in [0.05, 0.1) is 0 Å². The Labute approximate surface area is 130 Å². The number of ether oxygens (including phenoxy) is 1. The minimum atomic E-state index is -0.487. The summed E-state index contributed by atoms with van der Waals surface area (Å²) in [4.78, 5) is 0. The van der Waals surface area contributed by atoms with Crippen molar-refractivity contribution in [2.45, 2.75) is 30.6 Å². The van der Waals surface area contributed by atoms with Crippen molar-refractivity contribution in [3.63, 3.8) is 0 Å². The summed E-state index contributed by atoms with van der Waals surface area (Å²) in [5, 5.41) is 14.6. The third-order valence-electron chi connectivity index (χ3n) is 3.28. The van der Waals surface area contributed by atoms with Crippen LogP contribution in [0.15, 0.2) is 24.3 Å². The van der Waals surface area contributed by atoms with E-state index in [9.17, 15) is 5.11 Å². The van der Waals surface area contributed by atoms with Gasteiger partial charge in [-0.05, 0) is 42.9 Å². The van der Waals surface area contributed by atoms with Crippen LogP contribution in [0.3, 0.4) is 0 Å². The summed E-state index contributed by atoms with van der Waals surface area (Å²) in [6.45, 7) is 1.85. The second-order valence-corrected chi connectivity index (χ2v) is 6.91. The van der Waals surface area contributed by atoms with Gasteiger partial charge in [-0.25, -0.2) is 0 Å². The van der Waals surface area contributed by atoms with Gasteiger partial charge in [0.25, 0.3) is 0 Å². The van der Waals surface area contributed by atoms with Gasteiger partial charge in [0.1, 0.15) is 18.5 Å². The van der Waals surface area contributed by atoms with Crippen molar-refractivity contribution in [1.82, 2.24) is 5.32 Å². The summed E-state index contributed by atoms with van der Waals surface area (Å²) in [5.74, 6) is 2.01. The van der Waals surface area contributed by atoms with Crippen molar-refractivity contribution in [3.8, 4) is 5.75 Å². The van der Waals surface area contributed by atoms with Gasteiger partial charge in [0, 0.05) is 23.4 Å². The highest BCUT2D eigenvalue weighted by molar-refractivity contribution is 7.99. The number of benzene rings is 1. The molecule has 112 valence electrons. The van der Waals surface area contributed by atoms with Crippen LogP contribution in [-0.4, -0.2) is 41.9 Å². The summed E-state index contributed by atoms with van der Waals surface area (Å²) >= 11 is 7.84. The lowest BCUT2D eigenvalue weighted by atomic mass is 10.2. The number of thioether (sulfide) groups is 1. The van der Waals surface area contributed by atoms with Gasteiger partial charge in [-0.2, -0.15) is 11.8 Å². The van der Waals surface area contributed by atoms with Gasteiger partial charge in [-0.3, -0.25) is 0 Å². The molecule has 2 N–H and O–H groups in total. The molecule has 2 unspecified atom stereocenters. The second kappa shape index (κ2) is 8.78. The zero-order chi connectivity index (χ0) is 14.2. The summed E-state index contributed by atoms with van der Waals surface area (Å²) in [5.41, 5.74) is 0. The van der Waals surface area contributed by atoms with Gasteiger partial charge in [0.2, 0.25) is 0 Å². The molecule has 0 radical (unpaired) electrons. The van der Waals surface area contributed by atoms with E-state index in [1.54, 1.807) is 24.3 Å². The second-order valence-electron chi connectivity index (χ2n) is 5.07. The van der Waals surface area contributed by atoms with Crippen LogP contribution in [0.2, 0.25) is 5.02 Å². The highest BCUT2D eigenvalue weighted by Crippen LogP contribution is 2.24. The van der Waals surface area contributed by atoms with Crippen molar-refractivity contribution < 1.29 is 9.84 Å². The average Bonchev–Trinajstić information content (AvgIpc) is 2.48.